The molecule has 1 aromatic carbocycles. The summed E-state index contributed by atoms with van der Waals surface area (Å²) in [6, 6.07) is 15.5. The maximum absolute atomic E-state index is 9.87. The Labute approximate surface area is 170 Å². The van der Waals surface area contributed by atoms with Crippen LogP contribution < -0.4 is 14.4 Å². The predicted molar refractivity (Wildman–Crippen MR) is 112 cm³/mol. The van der Waals surface area contributed by atoms with Gasteiger partial charge in [0.15, 0.2) is 0 Å². The molecule has 2 aromatic heterocycles. The molecule has 0 aliphatic carbocycles. The van der Waals surface area contributed by atoms with Gasteiger partial charge in [-0.25, -0.2) is 9.97 Å². The van der Waals surface area contributed by atoms with Crippen LogP contribution in [-0.4, -0.2) is 34.3 Å². The normalized spacial score (nSPS) is 16.1. The maximum Gasteiger partial charge on any atom is 0.219 e. The molecule has 0 saturated carbocycles. The smallest absolute Gasteiger partial charge is 0.219 e. The molecule has 0 bridgehead atoms. The summed E-state index contributed by atoms with van der Waals surface area (Å²) in [5, 5.41) is 9.87. The minimum atomic E-state index is -0.151. The Kier molecular flexibility index (Phi) is 5.62. The number of hydrogen-bond donors (Lipinski definition) is 1. The molecule has 4 rings (SSSR count). The van der Waals surface area contributed by atoms with Crippen molar-refractivity contribution < 1.29 is 14.6 Å². The first-order valence-electron chi connectivity index (χ1n) is 9.81. The average Bonchev–Trinajstić information content (AvgIpc) is 3.19. The molecule has 1 saturated heterocycles. The number of aromatic nitrogens is 2. The van der Waals surface area contributed by atoms with Crippen LogP contribution in [0.1, 0.15) is 23.2 Å². The van der Waals surface area contributed by atoms with Gasteiger partial charge in [-0.1, -0.05) is 24.3 Å². The summed E-state index contributed by atoms with van der Waals surface area (Å²) in [4.78, 5) is 11.0. The Morgan fingerprint density at radius 3 is 2.66 bits per heavy atom. The van der Waals surface area contributed by atoms with E-state index in [0.717, 1.165) is 42.1 Å². The van der Waals surface area contributed by atoms with E-state index in [-0.39, 0.29) is 12.7 Å². The van der Waals surface area contributed by atoms with Gasteiger partial charge in [0.25, 0.3) is 0 Å². The first-order valence-corrected chi connectivity index (χ1v) is 9.81. The molecule has 3 aromatic rings. The highest BCUT2D eigenvalue weighted by Gasteiger charge is 2.26. The topological polar surface area (TPSA) is 67.7 Å². The molecule has 1 fully saturated rings. The summed E-state index contributed by atoms with van der Waals surface area (Å²) in [6.07, 6.45) is 2.75. The van der Waals surface area contributed by atoms with Gasteiger partial charge in [0.05, 0.1) is 24.5 Å². The van der Waals surface area contributed by atoms with Crippen molar-refractivity contribution in [2.75, 3.05) is 18.0 Å². The molecule has 0 radical (unpaired) electrons. The summed E-state index contributed by atoms with van der Waals surface area (Å²) in [5.41, 5.74) is 3.66. The Hall–Kier alpha value is -3.12. The molecular formula is C23H25N3O3. The SMILES string of the molecule is Cc1ccc(OC2CCN(c3ccc(Oc4ccccc4C)nc3CO)C2)nc1. The number of benzene rings is 1. The quantitative estimate of drug-likeness (QED) is 0.684. The fourth-order valence-corrected chi connectivity index (χ4v) is 3.46. The molecule has 1 atom stereocenters. The third-order valence-corrected chi connectivity index (χ3v) is 5.04. The fraction of sp³-hybridized carbons (Fsp3) is 0.304. The van der Waals surface area contributed by atoms with Crippen LogP contribution in [0.5, 0.6) is 17.5 Å². The van der Waals surface area contributed by atoms with Gasteiger partial charge in [-0.2, -0.15) is 0 Å². The van der Waals surface area contributed by atoms with Gasteiger partial charge < -0.3 is 19.5 Å². The minimum Gasteiger partial charge on any atom is -0.472 e. The summed E-state index contributed by atoms with van der Waals surface area (Å²) in [7, 11) is 0. The van der Waals surface area contributed by atoms with Crippen molar-refractivity contribution in [3.63, 3.8) is 0 Å². The number of hydrogen-bond acceptors (Lipinski definition) is 6. The average molecular weight is 391 g/mol. The molecule has 0 spiro atoms. The van der Waals surface area contributed by atoms with Crippen molar-refractivity contribution in [3.05, 3.63) is 71.5 Å². The van der Waals surface area contributed by atoms with Crippen LogP contribution in [0, 0.1) is 13.8 Å². The van der Waals surface area contributed by atoms with E-state index in [4.69, 9.17) is 9.47 Å². The van der Waals surface area contributed by atoms with Gasteiger partial charge in [0.2, 0.25) is 11.8 Å². The van der Waals surface area contributed by atoms with E-state index in [1.807, 2.05) is 68.6 Å². The minimum absolute atomic E-state index is 0.0552. The molecule has 6 nitrogen and oxygen atoms in total. The number of pyridine rings is 2. The van der Waals surface area contributed by atoms with Crippen molar-refractivity contribution >= 4 is 5.69 Å². The number of aliphatic hydroxyl groups excluding tert-OH is 1. The van der Waals surface area contributed by atoms with E-state index < -0.39 is 0 Å². The number of rotatable bonds is 6. The van der Waals surface area contributed by atoms with Crippen LogP contribution in [0.4, 0.5) is 5.69 Å². The van der Waals surface area contributed by atoms with Crippen LogP contribution in [0.25, 0.3) is 0 Å². The number of para-hydroxylation sites is 1. The third-order valence-electron chi connectivity index (χ3n) is 5.04. The summed E-state index contributed by atoms with van der Waals surface area (Å²) < 4.78 is 11.9. The number of aliphatic hydroxyl groups is 1. The lowest BCUT2D eigenvalue weighted by atomic mass is 10.2. The largest absolute Gasteiger partial charge is 0.472 e. The van der Waals surface area contributed by atoms with Crippen LogP contribution in [0.15, 0.2) is 54.7 Å². The summed E-state index contributed by atoms with van der Waals surface area (Å²) >= 11 is 0. The third kappa shape index (κ3) is 4.49. The lowest BCUT2D eigenvalue weighted by Gasteiger charge is -2.21. The molecule has 150 valence electrons. The fourth-order valence-electron chi connectivity index (χ4n) is 3.46. The van der Waals surface area contributed by atoms with Crippen LogP contribution >= 0.6 is 0 Å². The zero-order valence-electron chi connectivity index (χ0n) is 16.7. The highest BCUT2D eigenvalue weighted by molar-refractivity contribution is 5.53. The molecule has 1 N–H and O–H groups in total. The van der Waals surface area contributed by atoms with E-state index in [1.54, 1.807) is 0 Å². The molecule has 3 heterocycles. The molecular weight excluding hydrogens is 366 g/mol. The van der Waals surface area contributed by atoms with E-state index in [2.05, 4.69) is 14.9 Å². The Morgan fingerprint density at radius 1 is 1.07 bits per heavy atom. The molecule has 6 heteroatoms. The first-order chi connectivity index (χ1) is 14.1. The monoisotopic (exact) mass is 391 g/mol. The van der Waals surface area contributed by atoms with Crippen molar-refractivity contribution in [2.24, 2.45) is 0 Å². The molecule has 29 heavy (non-hydrogen) atoms. The summed E-state index contributed by atoms with van der Waals surface area (Å²) in [5.74, 6) is 1.88. The standard InChI is InChI=1S/C23H25N3O3/c1-16-7-9-22(24-13-16)28-18-11-12-26(14-18)20-8-10-23(25-19(20)15-27)29-21-6-4-3-5-17(21)2/h3-10,13,18,27H,11-12,14-15H2,1-2H3. The van der Waals surface area contributed by atoms with Crippen molar-refractivity contribution in [1.82, 2.24) is 9.97 Å². The molecule has 1 unspecified atom stereocenters. The zero-order chi connectivity index (χ0) is 20.2. The van der Waals surface area contributed by atoms with Crippen LogP contribution in [0.3, 0.4) is 0 Å². The first kappa shape index (κ1) is 19.2. The molecule has 1 aliphatic heterocycles. The van der Waals surface area contributed by atoms with Gasteiger partial charge in [-0.05, 0) is 37.1 Å². The zero-order valence-corrected chi connectivity index (χ0v) is 16.7. The maximum atomic E-state index is 9.87. The lowest BCUT2D eigenvalue weighted by Crippen LogP contribution is -2.26. The van der Waals surface area contributed by atoms with E-state index in [0.29, 0.717) is 17.5 Å². The second-order valence-electron chi connectivity index (χ2n) is 7.29. The highest BCUT2D eigenvalue weighted by atomic mass is 16.5. The van der Waals surface area contributed by atoms with E-state index in [9.17, 15) is 5.11 Å². The molecule has 0 amide bonds. The van der Waals surface area contributed by atoms with E-state index in [1.165, 1.54) is 0 Å². The second-order valence-corrected chi connectivity index (χ2v) is 7.29. The Morgan fingerprint density at radius 2 is 1.90 bits per heavy atom. The van der Waals surface area contributed by atoms with Gasteiger partial charge in [-0.3, -0.25) is 0 Å². The van der Waals surface area contributed by atoms with Crippen molar-refractivity contribution in [3.8, 4) is 17.5 Å². The predicted octanol–water partition coefficient (Wildman–Crippen LogP) is 4.04. The Balaban J connectivity index is 1.45. The summed E-state index contributed by atoms with van der Waals surface area (Å²) in [6.45, 7) is 5.40. The number of ether oxygens (including phenoxy) is 2. The number of nitrogens with zero attached hydrogens (tertiary/aromatic N) is 3. The number of aryl methyl sites for hydroxylation is 2. The second kappa shape index (κ2) is 8.49. The Bertz CT molecular complexity index is 975. The lowest BCUT2D eigenvalue weighted by molar-refractivity contribution is 0.215. The van der Waals surface area contributed by atoms with Gasteiger partial charge in [-0.15, -0.1) is 0 Å². The highest BCUT2D eigenvalue weighted by Crippen LogP contribution is 2.30. The van der Waals surface area contributed by atoms with Crippen molar-refractivity contribution in [1.29, 1.82) is 0 Å². The van der Waals surface area contributed by atoms with Crippen LogP contribution in [-0.2, 0) is 6.61 Å². The number of anilines is 1. The van der Waals surface area contributed by atoms with Gasteiger partial charge in [0.1, 0.15) is 11.9 Å². The van der Waals surface area contributed by atoms with Crippen LogP contribution in [0.2, 0.25) is 0 Å². The molecule has 1 aliphatic rings. The van der Waals surface area contributed by atoms with E-state index >= 15 is 0 Å². The van der Waals surface area contributed by atoms with Gasteiger partial charge in [0, 0.05) is 31.3 Å². The van der Waals surface area contributed by atoms with Gasteiger partial charge >= 0.3 is 0 Å². The van der Waals surface area contributed by atoms with Crippen molar-refractivity contribution in [2.45, 2.75) is 33.0 Å².